The van der Waals surface area contributed by atoms with Crippen LogP contribution in [0.4, 0.5) is 0 Å². The van der Waals surface area contributed by atoms with Gasteiger partial charge in [0.25, 0.3) is 0 Å². The highest BCUT2D eigenvalue weighted by Crippen LogP contribution is 2.26. The molecule has 2 rings (SSSR count). The smallest absolute Gasteiger partial charge is 0.181 e. The number of aromatic nitrogens is 3. The van der Waals surface area contributed by atoms with E-state index < -0.39 is 0 Å². The lowest BCUT2D eigenvalue weighted by Crippen LogP contribution is -2.14. The van der Waals surface area contributed by atoms with Crippen molar-refractivity contribution in [2.24, 2.45) is 7.05 Å². The zero-order valence-corrected chi connectivity index (χ0v) is 11.2. The molecule has 0 fully saturated rings. The summed E-state index contributed by atoms with van der Waals surface area (Å²) in [5.74, 6) is 0.837. The van der Waals surface area contributed by atoms with Crippen molar-refractivity contribution < 1.29 is 4.42 Å². The molecule has 0 unspecified atom stereocenters. The third-order valence-corrected chi connectivity index (χ3v) is 2.85. The van der Waals surface area contributed by atoms with Crippen LogP contribution >= 0.6 is 0 Å². The number of hydrogen-bond acceptors (Lipinski definition) is 4. The molecule has 0 bridgehead atoms. The van der Waals surface area contributed by atoms with Crippen LogP contribution in [0.1, 0.15) is 31.7 Å². The maximum Gasteiger partial charge on any atom is 0.181 e. The number of nitrogens with zero attached hydrogens (tertiary/aromatic N) is 3. The van der Waals surface area contributed by atoms with Gasteiger partial charge in [0, 0.05) is 19.8 Å². The molecule has 0 aliphatic carbocycles. The van der Waals surface area contributed by atoms with Gasteiger partial charge in [0.1, 0.15) is 5.69 Å². The van der Waals surface area contributed by atoms with E-state index in [0.29, 0.717) is 0 Å². The van der Waals surface area contributed by atoms with Crippen molar-refractivity contribution in [2.45, 2.75) is 33.2 Å². The van der Waals surface area contributed by atoms with Crippen LogP contribution in [0.3, 0.4) is 0 Å². The molecule has 2 aromatic rings. The SMILES string of the molecule is CCCNCc1ncoc1-c1cn(C)nc1CC. The van der Waals surface area contributed by atoms with Gasteiger partial charge in [-0.05, 0) is 19.4 Å². The number of rotatable bonds is 6. The van der Waals surface area contributed by atoms with E-state index in [0.717, 1.165) is 48.6 Å². The van der Waals surface area contributed by atoms with Crippen molar-refractivity contribution in [1.82, 2.24) is 20.1 Å². The Morgan fingerprint density at radius 3 is 2.89 bits per heavy atom. The molecule has 0 saturated heterocycles. The van der Waals surface area contributed by atoms with Crippen molar-refractivity contribution in [1.29, 1.82) is 0 Å². The van der Waals surface area contributed by atoms with E-state index in [9.17, 15) is 0 Å². The quantitative estimate of drug-likeness (QED) is 0.796. The van der Waals surface area contributed by atoms with Gasteiger partial charge >= 0.3 is 0 Å². The normalized spacial score (nSPS) is 11.1. The van der Waals surface area contributed by atoms with E-state index in [1.54, 1.807) is 0 Å². The maximum absolute atomic E-state index is 5.53. The fraction of sp³-hybridized carbons (Fsp3) is 0.538. The van der Waals surface area contributed by atoms with Crippen molar-refractivity contribution in [3.05, 3.63) is 24.0 Å². The maximum atomic E-state index is 5.53. The number of oxazole rings is 1. The van der Waals surface area contributed by atoms with Crippen molar-refractivity contribution >= 4 is 0 Å². The minimum Gasteiger partial charge on any atom is -0.443 e. The summed E-state index contributed by atoms with van der Waals surface area (Å²) in [6.07, 6.45) is 5.49. The fourth-order valence-electron chi connectivity index (χ4n) is 1.98. The average Bonchev–Trinajstić information content (AvgIpc) is 2.95. The molecule has 0 aliphatic heterocycles. The Hall–Kier alpha value is -1.62. The van der Waals surface area contributed by atoms with Crippen LogP contribution < -0.4 is 5.32 Å². The van der Waals surface area contributed by atoms with E-state index in [1.807, 2.05) is 17.9 Å². The van der Waals surface area contributed by atoms with Gasteiger partial charge in [-0.3, -0.25) is 4.68 Å². The molecule has 5 heteroatoms. The molecule has 0 atom stereocenters. The summed E-state index contributed by atoms with van der Waals surface area (Å²) in [7, 11) is 1.92. The van der Waals surface area contributed by atoms with Gasteiger partial charge in [-0.15, -0.1) is 0 Å². The largest absolute Gasteiger partial charge is 0.443 e. The second-order valence-corrected chi connectivity index (χ2v) is 4.32. The van der Waals surface area contributed by atoms with Gasteiger partial charge in [0.15, 0.2) is 12.2 Å². The number of nitrogens with one attached hydrogen (secondary N) is 1. The Balaban J connectivity index is 2.24. The zero-order valence-electron chi connectivity index (χ0n) is 11.2. The summed E-state index contributed by atoms with van der Waals surface area (Å²) in [6, 6.07) is 0. The van der Waals surface area contributed by atoms with E-state index >= 15 is 0 Å². The van der Waals surface area contributed by atoms with Crippen LogP contribution in [0, 0.1) is 0 Å². The van der Waals surface area contributed by atoms with Gasteiger partial charge in [-0.1, -0.05) is 13.8 Å². The molecule has 2 aromatic heterocycles. The van der Waals surface area contributed by atoms with Gasteiger partial charge in [0.2, 0.25) is 0 Å². The predicted molar refractivity (Wildman–Crippen MR) is 70.1 cm³/mol. The minimum atomic E-state index is 0.734. The monoisotopic (exact) mass is 248 g/mol. The summed E-state index contributed by atoms with van der Waals surface area (Å²) in [5, 5.41) is 7.77. The van der Waals surface area contributed by atoms with Gasteiger partial charge < -0.3 is 9.73 Å². The summed E-state index contributed by atoms with van der Waals surface area (Å²) in [4.78, 5) is 4.28. The van der Waals surface area contributed by atoms with Crippen LogP contribution in [-0.2, 0) is 20.0 Å². The fourth-order valence-corrected chi connectivity index (χ4v) is 1.98. The van der Waals surface area contributed by atoms with Crippen LogP contribution in [0.25, 0.3) is 11.3 Å². The van der Waals surface area contributed by atoms with E-state index in [1.165, 1.54) is 6.39 Å². The van der Waals surface area contributed by atoms with Crippen LogP contribution in [-0.4, -0.2) is 21.3 Å². The molecule has 0 aromatic carbocycles. The summed E-state index contributed by atoms with van der Waals surface area (Å²) in [5.41, 5.74) is 3.04. The first kappa shape index (κ1) is 12.8. The standard InChI is InChI=1S/C13H20N4O/c1-4-6-14-7-12-13(18-9-15-12)10-8-17(3)16-11(10)5-2/h8-9,14H,4-7H2,1-3H3. The van der Waals surface area contributed by atoms with E-state index in [-0.39, 0.29) is 0 Å². The average molecular weight is 248 g/mol. The predicted octanol–water partition coefficient (Wildman–Crippen LogP) is 2.14. The molecular formula is C13H20N4O. The lowest BCUT2D eigenvalue weighted by molar-refractivity contribution is 0.568. The first-order valence-electron chi connectivity index (χ1n) is 6.42. The van der Waals surface area contributed by atoms with Crippen LogP contribution in [0.2, 0.25) is 0 Å². The van der Waals surface area contributed by atoms with Gasteiger partial charge in [-0.2, -0.15) is 5.10 Å². The first-order chi connectivity index (χ1) is 8.76. The molecule has 98 valence electrons. The Morgan fingerprint density at radius 2 is 2.17 bits per heavy atom. The van der Waals surface area contributed by atoms with E-state index in [2.05, 4.69) is 29.2 Å². The molecule has 1 N–H and O–H groups in total. The molecule has 0 saturated carbocycles. The Labute approximate surface area is 107 Å². The minimum absolute atomic E-state index is 0.734. The number of hydrogen-bond donors (Lipinski definition) is 1. The van der Waals surface area contributed by atoms with Gasteiger partial charge in [0.05, 0.1) is 11.3 Å². The highest BCUT2D eigenvalue weighted by Gasteiger charge is 2.16. The summed E-state index contributed by atoms with van der Waals surface area (Å²) < 4.78 is 7.35. The third-order valence-electron chi connectivity index (χ3n) is 2.85. The zero-order chi connectivity index (χ0) is 13.0. The van der Waals surface area contributed by atoms with Gasteiger partial charge in [-0.25, -0.2) is 4.98 Å². The molecule has 5 nitrogen and oxygen atoms in total. The first-order valence-corrected chi connectivity index (χ1v) is 6.42. The molecular weight excluding hydrogens is 228 g/mol. The van der Waals surface area contributed by atoms with Crippen LogP contribution in [0.15, 0.2) is 17.0 Å². The van der Waals surface area contributed by atoms with E-state index in [4.69, 9.17) is 4.42 Å². The second-order valence-electron chi connectivity index (χ2n) is 4.32. The Morgan fingerprint density at radius 1 is 1.33 bits per heavy atom. The molecule has 0 spiro atoms. The summed E-state index contributed by atoms with van der Waals surface area (Å²) >= 11 is 0. The molecule has 2 heterocycles. The van der Waals surface area contributed by atoms with Crippen molar-refractivity contribution in [3.8, 4) is 11.3 Å². The molecule has 0 aliphatic rings. The highest BCUT2D eigenvalue weighted by molar-refractivity contribution is 5.61. The van der Waals surface area contributed by atoms with Crippen molar-refractivity contribution in [3.63, 3.8) is 0 Å². The molecule has 0 radical (unpaired) electrons. The lowest BCUT2D eigenvalue weighted by Gasteiger charge is -2.02. The highest BCUT2D eigenvalue weighted by atomic mass is 16.3. The third kappa shape index (κ3) is 2.61. The molecule has 18 heavy (non-hydrogen) atoms. The molecule has 0 amide bonds. The van der Waals surface area contributed by atoms with Crippen molar-refractivity contribution in [2.75, 3.05) is 6.54 Å². The lowest BCUT2D eigenvalue weighted by atomic mass is 10.1. The van der Waals surface area contributed by atoms with Crippen LogP contribution in [0.5, 0.6) is 0 Å². The Kier molecular flexibility index (Phi) is 4.15. The Bertz CT molecular complexity index is 501. The number of aryl methyl sites for hydroxylation is 2. The second kappa shape index (κ2) is 5.82. The topological polar surface area (TPSA) is 55.9 Å². The summed E-state index contributed by atoms with van der Waals surface area (Å²) in [6.45, 7) is 5.96.